The Balaban J connectivity index is 0.752. The van der Waals surface area contributed by atoms with Gasteiger partial charge in [-0.15, -0.1) is 21.5 Å². The minimum absolute atomic E-state index is 0.00142. The van der Waals surface area contributed by atoms with Crippen molar-refractivity contribution in [2.45, 2.75) is 111 Å². The lowest BCUT2D eigenvalue weighted by molar-refractivity contribution is -0.144. The van der Waals surface area contributed by atoms with Crippen LogP contribution in [0.1, 0.15) is 105 Å². The first-order chi connectivity index (χ1) is 39.5. The number of piperazine rings is 1. The molecule has 4 heterocycles. The van der Waals surface area contributed by atoms with Gasteiger partial charge in [0, 0.05) is 85.8 Å². The van der Waals surface area contributed by atoms with Crippen molar-refractivity contribution in [3.63, 3.8) is 0 Å². The Morgan fingerprint density at radius 2 is 1.57 bits per heavy atom. The highest BCUT2D eigenvalue weighted by molar-refractivity contribution is 7.13. The molecule has 6 atom stereocenters. The second-order valence-electron chi connectivity index (χ2n) is 21.6. The topological polar surface area (TPSA) is 270 Å². The van der Waals surface area contributed by atoms with E-state index >= 15 is 0 Å². The number of nitrogens with one attached hydrogen (secondary N) is 3. The molecule has 6 amide bonds. The molecule has 6 N–H and O–H groups in total. The monoisotopic (exact) mass is 1200 g/mol. The van der Waals surface area contributed by atoms with Crippen molar-refractivity contribution in [1.29, 1.82) is 0 Å². The van der Waals surface area contributed by atoms with Gasteiger partial charge in [0.05, 0.1) is 53.4 Å². The van der Waals surface area contributed by atoms with Gasteiger partial charge in [0.1, 0.15) is 30.6 Å². The van der Waals surface area contributed by atoms with Gasteiger partial charge in [-0.3, -0.25) is 28.8 Å². The number of nitrogen functional groups attached to an aromatic ring is 1. The molecule has 2 aliphatic rings. The Bertz CT molecular complexity index is 3080. The van der Waals surface area contributed by atoms with Crippen molar-refractivity contribution in [2.24, 2.45) is 5.41 Å². The third-order valence-electron chi connectivity index (χ3n) is 14.0. The molecule has 5 aromatic rings. The van der Waals surface area contributed by atoms with Gasteiger partial charge in [0.2, 0.25) is 23.6 Å². The van der Waals surface area contributed by atoms with Crippen LogP contribution in [0.15, 0.2) is 72.2 Å². The standard InChI is InChI=1S/C58H71Cl2FN10O11S/c1-33-28-69(56(77)39-13-15-40(16-14-39)65-54(75)44-26-46(53(62)68-67-44)82-36(4)49-42(59)17-18-43(61)50(49)60)29-34(2)71(33)48(74)19-22-80-24-23-79-20-8-21-81-31-47(73)66-52(58(5,6)7)57(78)70-30-41(72)25-45(70)55(76)63-27-37-9-11-38(12-10-37)51-35(3)64-32-83-51/h9-18,26,32-34,36,41,45,52,72H,8,19-25,27-31H2,1-7H3,(H2,62,68)(H,63,76)(H,65,75)(H,66,73)/t33-,34+,36?,41-,45+,52?/m1/s1. The molecule has 0 radical (unpaired) electrons. The van der Waals surface area contributed by atoms with Crippen LogP contribution in [0.5, 0.6) is 5.75 Å². The number of thiazole rings is 1. The number of nitrogens with zero attached hydrogens (tertiary/aromatic N) is 6. The molecule has 25 heteroatoms. The lowest BCUT2D eigenvalue weighted by Gasteiger charge is -2.44. The van der Waals surface area contributed by atoms with E-state index in [0.717, 1.165) is 27.8 Å². The second kappa shape index (κ2) is 29.1. The molecule has 0 saturated carbocycles. The van der Waals surface area contributed by atoms with E-state index in [2.05, 4.69) is 31.1 Å². The van der Waals surface area contributed by atoms with E-state index in [1.54, 1.807) is 57.8 Å². The number of likely N-dealkylation sites (tertiary alicyclic amines) is 1. The maximum atomic E-state index is 14.2. The van der Waals surface area contributed by atoms with Crippen molar-refractivity contribution >= 4 is 81.5 Å². The van der Waals surface area contributed by atoms with Crippen molar-refractivity contribution < 1.29 is 57.2 Å². The van der Waals surface area contributed by atoms with Gasteiger partial charge in [-0.1, -0.05) is 68.2 Å². The first kappa shape index (κ1) is 63.7. The Labute approximate surface area is 495 Å². The number of rotatable bonds is 24. The molecular formula is C58H71Cl2FN10O11S. The summed E-state index contributed by atoms with van der Waals surface area (Å²) in [6.45, 7) is 14.5. The average Bonchev–Trinajstić information content (AvgIpc) is 4.23. The smallest absolute Gasteiger partial charge is 0.276 e. The minimum atomic E-state index is -0.994. The summed E-state index contributed by atoms with van der Waals surface area (Å²) in [5, 5.41) is 26.7. The summed E-state index contributed by atoms with van der Waals surface area (Å²) < 4.78 is 37.0. The van der Waals surface area contributed by atoms with Crippen LogP contribution in [0.2, 0.25) is 10.0 Å². The van der Waals surface area contributed by atoms with Crippen LogP contribution in [0.4, 0.5) is 15.9 Å². The molecule has 2 saturated heterocycles. The molecule has 2 aromatic heterocycles. The molecular weight excluding hydrogens is 1130 g/mol. The predicted molar refractivity (Wildman–Crippen MR) is 311 cm³/mol. The number of carbonyl (C=O) groups excluding carboxylic acids is 6. The van der Waals surface area contributed by atoms with Crippen LogP contribution >= 0.6 is 34.5 Å². The Morgan fingerprint density at radius 1 is 0.892 bits per heavy atom. The number of hydrogen-bond acceptors (Lipinski definition) is 16. The number of ether oxygens (including phenoxy) is 4. The maximum absolute atomic E-state index is 14.2. The molecule has 0 bridgehead atoms. The number of benzene rings is 3. The van der Waals surface area contributed by atoms with Crippen LogP contribution in [-0.2, 0) is 39.9 Å². The first-order valence-corrected chi connectivity index (χ1v) is 28.9. The maximum Gasteiger partial charge on any atom is 0.276 e. The second-order valence-corrected chi connectivity index (χ2v) is 23.2. The zero-order valence-corrected chi connectivity index (χ0v) is 49.7. The molecule has 7 rings (SSSR count). The fourth-order valence-electron chi connectivity index (χ4n) is 9.83. The number of anilines is 2. The highest BCUT2D eigenvalue weighted by Gasteiger charge is 2.44. The Morgan fingerprint density at radius 3 is 2.23 bits per heavy atom. The fourth-order valence-corrected chi connectivity index (χ4v) is 11.3. The zero-order valence-electron chi connectivity index (χ0n) is 47.4. The third-order valence-corrected chi connectivity index (χ3v) is 15.7. The summed E-state index contributed by atoms with van der Waals surface area (Å²) >= 11 is 14.0. The molecule has 2 aliphatic heterocycles. The van der Waals surface area contributed by atoms with E-state index in [4.69, 9.17) is 47.9 Å². The summed E-state index contributed by atoms with van der Waals surface area (Å²) in [5.74, 6) is -3.14. The van der Waals surface area contributed by atoms with Gasteiger partial charge in [-0.2, -0.15) is 0 Å². The van der Waals surface area contributed by atoms with Crippen LogP contribution in [0.25, 0.3) is 10.4 Å². The van der Waals surface area contributed by atoms with Gasteiger partial charge >= 0.3 is 0 Å². The van der Waals surface area contributed by atoms with E-state index in [1.807, 2.05) is 65.8 Å². The summed E-state index contributed by atoms with van der Waals surface area (Å²) in [4.78, 5) is 90.9. The number of aromatic nitrogens is 3. The molecule has 0 spiro atoms. The fraction of sp³-hybridized carbons (Fsp3) is 0.466. The highest BCUT2D eigenvalue weighted by atomic mass is 35.5. The largest absolute Gasteiger partial charge is 0.482 e. The molecule has 83 heavy (non-hydrogen) atoms. The van der Waals surface area contributed by atoms with Crippen molar-refractivity contribution in [1.82, 2.24) is 40.5 Å². The third kappa shape index (κ3) is 16.9. The SMILES string of the molecule is Cc1ncsc1-c1ccc(CNC(=O)[C@@H]2C[C@@H](O)CN2C(=O)C(NC(=O)COCCCOCCOCCC(=O)N2[C@H](C)CN(C(=O)c3ccc(NC(=O)c4cc(OC(C)c5c(Cl)ccc(F)c5Cl)c(N)nn4)cc3)C[C@@H]2C)C(C)(C)C)cc1. The van der Waals surface area contributed by atoms with Crippen molar-refractivity contribution in [2.75, 3.05) is 70.3 Å². The lowest BCUT2D eigenvalue weighted by Crippen LogP contribution is -2.59. The van der Waals surface area contributed by atoms with E-state index < -0.39 is 59.2 Å². The number of amides is 6. The molecule has 21 nitrogen and oxygen atoms in total. The average molecular weight is 1210 g/mol. The van der Waals surface area contributed by atoms with Crippen LogP contribution < -0.4 is 26.4 Å². The van der Waals surface area contributed by atoms with Crippen LogP contribution in [0.3, 0.4) is 0 Å². The predicted octanol–water partition coefficient (Wildman–Crippen LogP) is 7.03. The number of aryl methyl sites for hydroxylation is 1. The van der Waals surface area contributed by atoms with Gasteiger partial charge in [0.25, 0.3) is 11.8 Å². The summed E-state index contributed by atoms with van der Waals surface area (Å²) in [6.07, 6.45) is -1.07. The van der Waals surface area contributed by atoms with Crippen molar-refractivity contribution in [3.05, 3.63) is 116 Å². The Hall–Kier alpha value is -6.86. The number of aliphatic hydroxyl groups is 1. The lowest BCUT2D eigenvalue weighted by atomic mass is 9.85. The number of halogens is 3. The number of nitrogens with two attached hydrogens (primary N) is 1. The zero-order chi connectivity index (χ0) is 60.1. The highest BCUT2D eigenvalue weighted by Crippen LogP contribution is 2.36. The molecule has 2 unspecified atom stereocenters. The van der Waals surface area contributed by atoms with E-state index in [1.165, 1.54) is 17.0 Å². The van der Waals surface area contributed by atoms with Gasteiger partial charge in [-0.05, 0) is 87.1 Å². The van der Waals surface area contributed by atoms with E-state index in [-0.39, 0.29) is 116 Å². The van der Waals surface area contributed by atoms with Gasteiger partial charge in [0.15, 0.2) is 17.3 Å². The van der Waals surface area contributed by atoms with E-state index in [9.17, 15) is 38.3 Å². The van der Waals surface area contributed by atoms with E-state index in [0.29, 0.717) is 37.4 Å². The number of β-amino-alcohol motifs (C(OH)–C–C–N with tert-alkyl or cyclic N) is 1. The number of aliphatic hydroxyl groups excluding tert-OH is 1. The normalized spacial score (nSPS) is 17.9. The minimum Gasteiger partial charge on any atom is -0.482 e. The molecule has 446 valence electrons. The summed E-state index contributed by atoms with van der Waals surface area (Å²) in [7, 11) is 0. The Kier molecular flexibility index (Phi) is 22.3. The number of hydrogen-bond donors (Lipinski definition) is 5. The quantitative estimate of drug-likeness (QED) is 0.0307. The van der Waals surface area contributed by atoms with Gasteiger partial charge in [-0.25, -0.2) is 9.37 Å². The van der Waals surface area contributed by atoms with Crippen molar-refractivity contribution in [3.8, 4) is 16.2 Å². The number of carbonyl (C=O) groups is 6. The summed E-state index contributed by atoms with van der Waals surface area (Å²) in [6, 6.07) is 15.5. The molecule has 3 aromatic carbocycles. The summed E-state index contributed by atoms with van der Waals surface area (Å²) in [5.41, 5.74) is 10.7. The van der Waals surface area contributed by atoms with Crippen LogP contribution in [-0.4, -0.2) is 160 Å². The first-order valence-electron chi connectivity index (χ1n) is 27.2. The molecule has 2 fully saturated rings. The van der Waals surface area contributed by atoms with Gasteiger partial charge < -0.3 is 60.4 Å². The van der Waals surface area contributed by atoms with Crippen LogP contribution in [0, 0.1) is 18.2 Å². The molecule has 0 aliphatic carbocycles.